The zero-order chi connectivity index (χ0) is 47.8. The van der Waals surface area contributed by atoms with Gasteiger partial charge in [-0.3, -0.25) is 0 Å². The van der Waals surface area contributed by atoms with E-state index in [0.717, 1.165) is 0 Å². The van der Waals surface area contributed by atoms with Gasteiger partial charge in [-0.25, -0.2) is 0 Å². The molecule has 6 aromatic carbocycles. The second-order valence-electron chi connectivity index (χ2n) is 25.9. The third-order valence-corrected chi connectivity index (χ3v) is 19.6. The van der Waals surface area contributed by atoms with E-state index in [2.05, 4.69) is 221 Å². The minimum absolute atomic E-state index is 0.0543. The molecule has 0 fully saturated rings. The lowest BCUT2D eigenvalue weighted by atomic mass is 9.35. The average Bonchev–Trinajstić information content (AvgIpc) is 3.66. The van der Waals surface area contributed by atoms with Crippen LogP contribution >= 0.6 is 11.3 Å². The SMILES string of the molecule is Cc1cc2c3c(c1)N(c1ccc4c(c1)C(C)(C)CCC4(C)C)c1c(sc4cc5c(cc14)C(C)(C)CCC5(C)C)B3c1cc3c(cc1N2c1ccccc1-c1ccccc1C)C(C)(C)CCC3(C)C. The van der Waals surface area contributed by atoms with Crippen molar-refractivity contribution in [3.8, 4) is 11.1 Å². The van der Waals surface area contributed by atoms with E-state index < -0.39 is 0 Å². The maximum absolute atomic E-state index is 2.75. The van der Waals surface area contributed by atoms with Crippen LogP contribution in [0.4, 0.5) is 34.1 Å². The Bertz CT molecular complexity index is 3300. The molecule has 12 rings (SSSR count). The van der Waals surface area contributed by atoms with E-state index in [-0.39, 0.29) is 39.2 Å². The molecule has 0 N–H and O–H groups in total. The predicted octanol–water partition coefficient (Wildman–Crippen LogP) is 16.3. The molecule has 0 radical (unpaired) electrons. The number of hydrogen-bond donors (Lipinski definition) is 0. The smallest absolute Gasteiger partial charge is 0.264 e. The Labute approximate surface area is 412 Å². The Morgan fingerprint density at radius 3 is 1.56 bits per heavy atom. The van der Waals surface area contributed by atoms with Gasteiger partial charge >= 0.3 is 0 Å². The van der Waals surface area contributed by atoms with E-state index in [0.29, 0.717) is 0 Å². The van der Waals surface area contributed by atoms with Gasteiger partial charge in [0.25, 0.3) is 6.71 Å². The first kappa shape index (κ1) is 44.2. The third kappa shape index (κ3) is 6.27. The standard InChI is InChI=1S/C64H71BN2S/c1-38-31-53-56-54(32-38)67(51-22-18-17-21-42(51)41-20-16-15-19-39(41)2)52-36-48-47(62(9,10)28-29-63(48,11)12)35-50(52)65(56)58-57(43-34-46-49(37-55(43)68-58)64(13,14)30-27-61(46,7)8)66(53)40-23-24-44-45(33-40)60(5,6)26-25-59(44,3)4/h15-24,31-37H,25-30H2,1-14H3. The summed E-state index contributed by atoms with van der Waals surface area (Å²) in [7, 11) is 0. The van der Waals surface area contributed by atoms with E-state index in [1.807, 2.05) is 0 Å². The summed E-state index contributed by atoms with van der Waals surface area (Å²) in [6, 6.07) is 41.6. The van der Waals surface area contributed by atoms with Gasteiger partial charge in [0.2, 0.25) is 0 Å². The molecule has 3 aliphatic carbocycles. The van der Waals surface area contributed by atoms with Crippen molar-refractivity contribution in [1.82, 2.24) is 0 Å². The van der Waals surface area contributed by atoms with Crippen molar-refractivity contribution >= 4 is 78.0 Å². The number of fused-ring (bicyclic) bond motifs is 9. The molecule has 1 aromatic heterocycles. The Morgan fingerprint density at radius 1 is 0.441 bits per heavy atom. The molecule has 0 amide bonds. The lowest BCUT2D eigenvalue weighted by Gasteiger charge is -2.47. The lowest BCUT2D eigenvalue weighted by molar-refractivity contribution is 0.332. The number of nitrogens with zero attached hydrogens (tertiary/aromatic N) is 2. The van der Waals surface area contributed by atoms with Gasteiger partial charge in [-0.1, -0.05) is 138 Å². The van der Waals surface area contributed by atoms with Crippen molar-refractivity contribution in [2.24, 2.45) is 0 Å². The molecule has 2 nitrogen and oxygen atoms in total. The summed E-state index contributed by atoms with van der Waals surface area (Å²) in [5.41, 5.74) is 25.6. The van der Waals surface area contributed by atoms with Crippen LogP contribution in [0.5, 0.6) is 0 Å². The fourth-order valence-electron chi connectivity index (χ4n) is 13.8. The highest BCUT2D eigenvalue weighted by Gasteiger charge is 2.49. The zero-order valence-corrected chi connectivity index (χ0v) is 44.3. The second-order valence-corrected chi connectivity index (χ2v) is 26.9. The van der Waals surface area contributed by atoms with Crippen LogP contribution < -0.4 is 25.5 Å². The zero-order valence-electron chi connectivity index (χ0n) is 43.4. The fraction of sp³-hybridized carbons (Fsp3) is 0.406. The summed E-state index contributed by atoms with van der Waals surface area (Å²) in [6.45, 7) is 34.5. The molecular weight excluding hydrogens is 840 g/mol. The first-order chi connectivity index (χ1) is 32.0. The number of hydrogen-bond acceptors (Lipinski definition) is 3. The van der Waals surface area contributed by atoms with Gasteiger partial charge in [0.05, 0.1) is 11.4 Å². The number of benzene rings is 6. The minimum atomic E-state index is 0.0543. The van der Waals surface area contributed by atoms with Crippen molar-refractivity contribution in [1.29, 1.82) is 0 Å². The second kappa shape index (κ2) is 14.3. The van der Waals surface area contributed by atoms with Gasteiger partial charge in [-0.15, -0.1) is 11.3 Å². The lowest BCUT2D eigenvalue weighted by Crippen LogP contribution is -2.61. The van der Waals surface area contributed by atoms with E-state index in [4.69, 9.17) is 0 Å². The number of rotatable bonds is 3. The molecule has 3 heterocycles. The quantitative estimate of drug-likeness (QED) is 0.163. The van der Waals surface area contributed by atoms with Crippen molar-refractivity contribution in [3.63, 3.8) is 0 Å². The Balaban J connectivity index is 1.23. The number of thiophene rings is 1. The predicted molar refractivity (Wildman–Crippen MR) is 297 cm³/mol. The van der Waals surface area contributed by atoms with Gasteiger partial charge in [0.1, 0.15) is 0 Å². The van der Waals surface area contributed by atoms with Crippen LogP contribution in [0.1, 0.15) is 166 Å². The molecule has 5 aliphatic rings. The first-order valence-electron chi connectivity index (χ1n) is 25.8. The molecule has 0 bridgehead atoms. The largest absolute Gasteiger partial charge is 0.311 e. The van der Waals surface area contributed by atoms with Gasteiger partial charge < -0.3 is 9.80 Å². The summed E-state index contributed by atoms with van der Waals surface area (Å²) in [5, 5.41) is 1.41. The van der Waals surface area contributed by atoms with E-state index in [9.17, 15) is 0 Å². The van der Waals surface area contributed by atoms with Crippen LogP contribution in [-0.2, 0) is 32.5 Å². The van der Waals surface area contributed by atoms with E-state index in [1.165, 1.54) is 149 Å². The average molecular weight is 911 g/mol. The Kier molecular flexibility index (Phi) is 9.27. The fourth-order valence-corrected chi connectivity index (χ4v) is 15.1. The monoisotopic (exact) mass is 911 g/mol. The van der Waals surface area contributed by atoms with Crippen LogP contribution in [0.25, 0.3) is 21.2 Å². The molecule has 68 heavy (non-hydrogen) atoms. The third-order valence-electron chi connectivity index (χ3n) is 18.4. The molecule has 4 heteroatoms. The summed E-state index contributed by atoms with van der Waals surface area (Å²) >= 11 is 2.08. The first-order valence-corrected chi connectivity index (χ1v) is 26.7. The highest BCUT2D eigenvalue weighted by molar-refractivity contribution is 7.33. The topological polar surface area (TPSA) is 6.48 Å². The van der Waals surface area contributed by atoms with Gasteiger partial charge in [0, 0.05) is 43.2 Å². The van der Waals surface area contributed by atoms with Crippen LogP contribution in [0.3, 0.4) is 0 Å². The molecule has 0 atom stereocenters. The maximum Gasteiger partial charge on any atom is 0.264 e. The summed E-state index contributed by atoms with van der Waals surface area (Å²) in [5.74, 6) is 0. The maximum atomic E-state index is 2.75. The van der Waals surface area contributed by atoms with Crippen molar-refractivity contribution < 1.29 is 0 Å². The summed E-state index contributed by atoms with van der Waals surface area (Å²) in [6.07, 6.45) is 7.15. The van der Waals surface area contributed by atoms with Gasteiger partial charge in [-0.2, -0.15) is 0 Å². The molecule has 0 spiro atoms. The molecule has 0 saturated carbocycles. The molecule has 7 aromatic rings. The normalized spacial score (nSPS) is 20.5. The highest BCUT2D eigenvalue weighted by Crippen LogP contribution is 2.56. The van der Waals surface area contributed by atoms with Crippen LogP contribution in [-0.4, -0.2) is 6.71 Å². The van der Waals surface area contributed by atoms with Crippen LogP contribution in [0.15, 0.2) is 103 Å². The number of aryl methyl sites for hydroxylation is 2. The molecular formula is C64H71BN2S. The van der Waals surface area contributed by atoms with E-state index >= 15 is 0 Å². The van der Waals surface area contributed by atoms with Gasteiger partial charge in [-0.05, 0) is 194 Å². The number of anilines is 6. The summed E-state index contributed by atoms with van der Waals surface area (Å²) in [4.78, 5) is 5.46. The molecule has 0 unspecified atom stereocenters. The molecule has 346 valence electrons. The Morgan fingerprint density at radius 2 is 0.941 bits per heavy atom. The van der Waals surface area contributed by atoms with E-state index in [1.54, 1.807) is 5.56 Å². The van der Waals surface area contributed by atoms with Crippen molar-refractivity contribution in [2.45, 2.75) is 168 Å². The molecule has 2 aliphatic heterocycles. The van der Waals surface area contributed by atoms with Crippen molar-refractivity contribution in [2.75, 3.05) is 9.80 Å². The van der Waals surface area contributed by atoms with Crippen LogP contribution in [0, 0.1) is 13.8 Å². The molecule has 0 saturated heterocycles. The van der Waals surface area contributed by atoms with Crippen LogP contribution in [0.2, 0.25) is 0 Å². The van der Waals surface area contributed by atoms with Gasteiger partial charge in [0.15, 0.2) is 0 Å². The van der Waals surface area contributed by atoms with Crippen molar-refractivity contribution in [3.05, 3.63) is 148 Å². The summed E-state index contributed by atoms with van der Waals surface area (Å²) < 4.78 is 2.90. The Hall–Kier alpha value is -5.06. The number of para-hydroxylation sites is 1. The highest BCUT2D eigenvalue weighted by atomic mass is 32.1. The minimum Gasteiger partial charge on any atom is -0.311 e.